The summed E-state index contributed by atoms with van der Waals surface area (Å²) in [6.45, 7) is 3.22. The Morgan fingerprint density at radius 2 is 2.50 bits per heavy atom. The zero-order valence-corrected chi connectivity index (χ0v) is 9.48. The second-order valence-corrected chi connectivity index (χ2v) is 4.49. The number of nitrogens with one attached hydrogen (secondary N) is 1. The number of H-pyrrole nitrogens is 1. The van der Waals surface area contributed by atoms with Gasteiger partial charge in [-0.15, -0.1) is 0 Å². The molecule has 88 valence electrons. The van der Waals surface area contributed by atoms with Crippen molar-refractivity contribution in [3.8, 4) is 0 Å². The molecule has 0 aromatic carbocycles. The minimum Gasteiger partial charge on any atom is -0.359 e. The number of rotatable bonds is 4. The smallest absolute Gasteiger partial charge is 0.192 e. The van der Waals surface area contributed by atoms with Gasteiger partial charge in [0.25, 0.3) is 0 Å². The third-order valence-electron chi connectivity index (χ3n) is 3.20. The molecule has 2 heterocycles. The lowest BCUT2D eigenvalue weighted by molar-refractivity contribution is 0.0885. The van der Waals surface area contributed by atoms with E-state index in [1.54, 1.807) is 6.20 Å². The highest BCUT2D eigenvalue weighted by Crippen LogP contribution is 2.15. The molecule has 0 amide bonds. The molecule has 3 N–H and O–H groups in total. The monoisotopic (exact) mass is 221 g/mol. The van der Waals surface area contributed by atoms with Gasteiger partial charge >= 0.3 is 0 Å². The second-order valence-electron chi connectivity index (χ2n) is 4.49. The van der Waals surface area contributed by atoms with Gasteiger partial charge in [-0.3, -0.25) is 9.69 Å². The number of piperidine rings is 1. The topological polar surface area (TPSA) is 62.1 Å². The normalized spacial score (nSPS) is 22.2. The average Bonchev–Trinajstić information content (AvgIpc) is 2.83. The molecule has 1 saturated heterocycles. The van der Waals surface area contributed by atoms with Gasteiger partial charge in [0.15, 0.2) is 5.78 Å². The molecule has 0 saturated carbocycles. The predicted octanol–water partition coefficient (Wildman–Crippen LogP) is 0.868. The number of carbonyl (C=O) groups excluding carboxylic acids is 1. The van der Waals surface area contributed by atoms with E-state index in [9.17, 15) is 4.79 Å². The van der Waals surface area contributed by atoms with E-state index in [4.69, 9.17) is 5.73 Å². The van der Waals surface area contributed by atoms with Crippen LogP contribution < -0.4 is 5.73 Å². The van der Waals surface area contributed by atoms with E-state index in [0.717, 1.165) is 26.1 Å². The Morgan fingerprint density at radius 3 is 3.19 bits per heavy atom. The maximum Gasteiger partial charge on any atom is 0.192 e. The van der Waals surface area contributed by atoms with Crippen LogP contribution in [0.4, 0.5) is 0 Å². The molecule has 0 spiro atoms. The zero-order chi connectivity index (χ0) is 11.4. The van der Waals surface area contributed by atoms with Crippen molar-refractivity contribution in [1.29, 1.82) is 0 Å². The van der Waals surface area contributed by atoms with Gasteiger partial charge < -0.3 is 10.7 Å². The molecule has 1 aliphatic heterocycles. The van der Waals surface area contributed by atoms with Crippen molar-refractivity contribution in [3.05, 3.63) is 24.0 Å². The molecule has 4 nitrogen and oxygen atoms in total. The minimum atomic E-state index is 0.169. The van der Waals surface area contributed by atoms with Crippen molar-refractivity contribution in [3.63, 3.8) is 0 Å². The molecule has 0 bridgehead atoms. The summed E-state index contributed by atoms with van der Waals surface area (Å²) in [7, 11) is 0. The molecule has 0 aliphatic carbocycles. The molecule has 1 atom stereocenters. The number of aromatic amines is 1. The van der Waals surface area contributed by atoms with Gasteiger partial charge in [0.2, 0.25) is 0 Å². The third-order valence-corrected chi connectivity index (χ3v) is 3.20. The minimum absolute atomic E-state index is 0.169. The van der Waals surface area contributed by atoms with Gasteiger partial charge in [-0.2, -0.15) is 0 Å². The van der Waals surface area contributed by atoms with Gasteiger partial charge in [-0.05, 0) is 44.0 Å². The fourth-order valence-corrected chi connectivity index (χ4v) is 2.28. The molecule has 1 aromatic heterocycles. The molecule has 16 heavy (non-hydrogen) atoms. The van der Waals surface area contributed by atoms with Crippen LogP contribution in [0.3, 0.4) is 0 Å². The first-order valence-electron chi connectivity index (χ1n) is 5.88. The van der Waals surface area contributed by atoms with Crippen molar-refractivity contribution in [2.24, 2.45) is 11.7 Å². The summed E-state index contributed by atoms with van der Waals surface area (Å²) in [6, 6.07) is 3.68. The Labute approximate surface area is 95.8 Å². The highest BCUT2D eigenvalue weighted by Gasteiger charge is 2.21. The van der Waals surface area contributed by atoms with Crippen molar-refractivity contribution in [1.82, 2.24) is 9.88 Å². The summed E-state index contributed by atoms with van der Waals surface area (Å²) in [5, 5.41) is 0. The van der Waals surface area contributed by atoms with Crippen molar-refractivity contribution >= 4 is 5.78 Å². The molecule has 4 heteroatoms. The Balaban J connectivity index is 1.87. The zero-order valence-electron chi connectivity index (χ0n) is 9.48. The molecule has 1 aromatic rings. The standard InChI is InChI=1S/C12H19N3O/c13-7-10-3-2-6-15(8-10)9-12(16)11-4-1-5-14-11/h1,4-5,10,14H,2-3,6-9,13H2/t10-/m0/s1. The van der Waals surface area contributed by atoms with E-state index >= 15 is 0 Å². The van der Waals surface area contributed by atoms with Crippen LogP contribution in [-0.4, -0.2) is 41.8 Å². The van der Waals surface area contributed by atoms with Crippen LogP contribution in [0.15, 0.2) is 18.3 Å². The number of carbonyl (C=O) groups is 1. The van der Waals surface area contributed by atoms with Crippen LogP contribution in [0.2, 0.25) is 0 Å². The first-order valence-corrected chi connectivity index (χ1v) is 5.88. The van der Waals surface area contributed by atoms with Crippen LogP contribution >= 0.6 is 0 Å². The van der Waals surface area contributed by atoms with Crippen LogP contribution in [-0.2, 0) is 0 Å². The number of hydrogen-bond acceptors (Lipinski definition) is 3. The highest BCUT2D eigenvalue weighted by molar-refractivity contribution is 5.95. The summed E-state index contributed by atoms with van der Waals surface area (Å²) in [5.74, 6) is 0.730. The van der Waals surface area contributed by atoms with E-state index in [1.807, 2.05) is 12.1 Å². The summed E-state index contributed by atoms with van der Waals surface area (Å²) in [6.07, 6.45) is 4.13. The van der Waals surface area contributed by atoms with Gasteiger partial charge in [0.1, 0.15) is 0 Å². The number of hydrogen-bond donors (Lipinski definition) is 2. The maximum atomic E-state index is 11.9. The van der Waals surface area contributed by atoms with E-state index in [1.165, 1.54) is 6.42 Å². The van der Waals surface area contributed by atoms with E-state index < -0.39 is 0 Å². The number of aromatic nitrogens is 1. The number of nitrogens with two attached hydrogens (primary N) is 1. The fourth-order valence-electron chi connectivity index (χ4n) is 2.28. The van der Waals surface area contributed by atoms with Crippen molar-refractivity contribution in [2.45, 2.75) is 12.8 Å². The molecule has 1 aliphatic rings. The largest absolute Gasteiger partial charge is 0.359 e. The lowest BCUT2D eigenvalue weighted by Gasteiger charge is -2.31. The maximum absolute atomic E-state index is 11.9. The number of nitrogens with zero attached hydrogens (tertiary/aromatic N) is 1. The summed E-state index contributed by atoms with van der Waals surface area (Å²) >= 11 is 0. The number of likely N-dealkylation sites (tertiary alicyclic amines) is 1. The highest BCUT2D eigenvalue weighted by atomic mass is 16.1. The number of Topliss-reactive ketones (excluding diaryl/α,β-unsaturated/α-hetero) is 1. The summed E-state index contributed by atoms with van der Waals surface area (Å²) < 4.78 is 0. The SMILES string of the molecule is NC[C@@H]1CCCN(CC(=O)c2ccc[nH]2)C1. The molecular formula is C12H19N3O. The molecule has 0 radical (unpaired) electrons. The van der Waals surface area contributed by atoms with Crippen LogP contribution in [0.1, 0.15) is 23.3 Å². The summed E-state index contributed by atoms with van der Waals surface area (Å²) in [5.41, 5.74) is 6.38. The Morgan fingerprint density at radius 1 is 1.62 bits per heavy atom. The van der Waals surface area contributed by atoms with Gasteiger partial charge in [-0.25, -0.2) is 0 Å². The van der Waals surface area contributed by atoms with Crippen LogP contribution in [0.25, 0.3) is 0 Å². The fraction of sp³-hybridized carbons (Fsp3) is 0.583. The van der Waals surface area contributed by atoms with Gasteiger partial charge in [-0.1, -0.05) is 0 Å². The Bertz CT molecular complexity index is 334. The average molecular weight is 221 g/mol. The number of ketones is 1. The quantitative estimate of drug-likeness (QED) is 0.742. The predicted molar refractivity (Wildman–Crippen MR) is 63.3 cm³/mol. The Hall–Kier alpha value is -1.13. The molecule has 1 fully saturated rings. The van der Waals surface area contributed by atoms with E-state index in [-0.39, 0.29) is 5.78 Å². The lowest BCUT2D eigenvalue weighted by Crippen LogP contribution is -2.41. The first kappa shape index (κ1) is 11.4. The van der Waals surface area contributed by atoms with E-state index in [0.29, 0.717) is 18.2 Å². The van der Waals surface area contributed by atoms with Crippen LogP contribution in [0.5, 0.6) is 0 Å². The summed E-state index contributed by atoms with van der Waals surface area (Å²) in [4.78, 5) is 17.0. The Kier molecular flexibility index (Phi) is 3.74. The lowest BCUT2D eigenvalue weighted by atomic mass is 9.98. The van der Waals surface area contributed by atoms with Crippen molar-refractivity contribution < 1.29 is 4.79 Å². The second kappa shape index (κ2) is 5.27. The molecule has 0 unspecified atom stereocenters. The van der Waals surface area contributed by atoms with Crippen LogP contribution in [0, 0.1) is 5.92 Å². The van der Waals surface area contributed by atoms with Gasteiger partial charge in [0.05, 0.1) is 12.2 Å². The van der Waals surface area contributed by atoms with Crippen molar-refractivity contribution in [2.75, 3.05) is 26.2 Å². The van der Waals surface area contributed by atoms with E-state index in [2.05, 4.69) is 9.88 Å². The molecule has 2 rings (SSSR count). The third kappa shape index (κ3) is 2.71. The molecular weight excluding hydrogens is 202 g/mol. The van der Waals surface area contributed by atoms with Gasteiger partial charge in [0, 0.05) is 12.7 Å². The first-order chi connectivity index (χ1) is 7.79.